The smallest absolute Gasteiger partial charge is 0.248 e. The Hall–Kier alpha value is -2.08. The fourth-order valence-electron chi connectivity index (χ4n) is 1.63. The van der Waals surface area contributed by atoms with Gasteiger partial charge in [-0.25, -0.2) is 4.98 Å². The third-order valence-corrected chi connectivity index (χ3v) is 3.72. The van der Waals surface area contributed by atoms with E-state index in [4.69, 9.17) is 16.2 Å². The van der Waals surface area contributed by atoms with E-state index in [1.165, 1.54) is 4.88 Å². The van der Waals surface area contributed by atoms with Crippen LogP contribution in [0.2, 0.25) is 0 Å². The molecule has 2 rings (SSSR count). The van der Waals surface area contributed by atoms with E-state index < -0.39 is 5.91 Å². The van der Waals surface area contributed by atoms with Crippen molar-refractivity contribution in [1.29, 1.82) is 0 Å². The number of nitrogens with two attached hydrogens (primary N) is 2. The average molecular weight is 277 g/mol. The molecule has 0 fully saturated rings. The summed E-state index contributed by atoms with van der Waals surface area (Å²) >= 11 is 1.60. The Kier molecular flexibility index (Phi) is 4.01. The summed E-state index contributed by atoms with van der Waals surface area (Å²) < 4.78 is 5.60. The largest absolute Gasteiger partial charge is 0.491 e. The first-order valence-corrected chi connectivity index (χ1v) is 6.67. The third-order valence-electron chi connectivity index (χ3n) is 2.73. The van der Waals surface area contributed by atoms with Crippen molar-refractivity contribution < 1.29 is 9.53 Å². The lowest BCUT2D eigenvalue weighted by atomic mass is 10.2. The molecule has 6 heteroatoms. The number of hydrogen-bond acceptors (Lipinski definition) is 5. The topological polar surface area (TPSA) is 91.2 Å². The number of carbonyl (C=O) groups excluding carboxylic acids is 1. The maximum atomic E-state index is 11.1. The first-order valence-electron chi connectivity index (χ1n) is 5.79. The minimum absolute atomic E-state index is 0.387. The van der Waals surface area contributed by atoms with Crippen LogP contribution in [0.25, 0.3) is 0 Å². The summed E-state index contributed by atoms with van der Waals surface area (Å²) in [5.74, 6) is -0.0124. The van der Waals surface area contributed by atoms with Crippen LogP contribution in [0.15, 0.2) is 23.7 Å². The van der Waals surface area contributed by atoms with E-state index in [9.17, 15) is 4.79 Å². The van der Waals surface area contributed by atoms with Crippen molar-refractivity contribution in [1.82, 2.24) is 4.98 Å². The molecule has 100 valence electrons. The van der Waals surface area contributed by atoms with Gasteiger partial charge in [0.05, 0.1) is 23.5 Å². The number of rotatable bonds is 5. The predicted molar refractivity (Wildman–Crippen MR) is 75.4 cm³/mol. The van der Waals surface area contributed by atoms with E-state index in [-0.39, 0.29) is 0 Å². The van der Waals surface area contributed by atoms with Gasteiger partial charge in [0.2, 0.25) is 5.91 Å². The molecule has 19 heavy (non-hydrogen) atoms. The molecule has 0 aliphatic rings. The zero-order chi connectivity index (χ0) is 13.8. The molecule has 1 aromatic carbocycles. The summed E-state index contributed by atoms with van der Waals surface area (Å²) in [7, 11) is 0. The number of aryl methyl sites for hydroxylation is 1. The van der Waals surface area contributed by atoms with Crippen molar-refractivity contribution in [2.75, 3.05) is 12.3 Å². The van der Waals surface area contributed by atoms with E-state index in [1.54, 1.807) is 29.5 Å². The molecule has 0 bridgehead atoms. The minimum Gasteiger partial charge on any atom is -0.491 e. The molecule has 2 aromatic rings. The van der Waals surface area contributed by atoms with Gasteiger partial charge in [-0.05, 0) is 25.1 Å². The number of amides is 1. The molecule has 4 N–H and O–H groups in total. The molecule has 5 nitrogen and oxygen atoms in total. The van der Waals surface area contributed by atoms with Gasteiger partial charge in [-0.1, -0.05) is 0 Å². The molecular weight excluding hydrogens is 262 g/mol. The Morgan fingerprint density at radius 2 is 2.26 bits per heavy atom. The molecule has 0 spiro atoms. The number of nitrogen functional groups attached to an aromatic ring is 1. The van der Waals surface area contributed by atoms with Crippen LogP contribution in [-0.2, 0) is 6.42 Å². The standard InChI is InChI=1S/C13H15N3O2S/c1-8-12(19-7-16-8)4-5-18-11-6-9(13(15)17)2-3-10(11)14/h2-3,6-7H,4-5,14H2,1H3,(H2,15,17). The minimum atomic E-state index is -0.497. The van der Waals surface area contributed by atoms with E-state index in [0.29, 0.717) is 23.6 Å². The van der Waals surface area contributed by atoms with Crippen LogP contribution >= 0.6 is 11.3 Å². The van der Waals surface area contributed by atoms with Crippen LogP contribution in [0.1, 0.15) is 20.9 Å². The number of aromatic nitrogens is 1. The van der Waals surface area contributed by atoms with Crippen molar-refractivity contribution in [2.24, 2.45) is 5.73 Å². The second-order valence-electron chi connectivity index (χ2n) is 4.08. The van der Waals surface area contributed by atoms with Crippen LogP contribution < -0.4 is 16.2 Å². The number of hydrogen-bond donors (Lipinski definition) is 2. The number of benzene rings is 1. The first-order chi connectivity index (χ1) is 9.08. The zero-order valence-corrected chi connectivity index (χ0v) is 11.4. The Labute approximate surface area is 115 Å². The van der Waals surface area contributed by atoms with E-state index in [0.717, 1.165) is 12.1 Å². The molecule has 1 aromatic heterocycles. The van der Waals surface area contributed by atoms with Crippen molar-refractivity contribution in [3.63, 3.8) is 0 Å². The summed E-state index contributed by atoms with van der Waals surface area (Å²) in [5.41, 5.74) is 14.7. The van der Waals surface area contributed by atoms with Crippen molar-refractivity contribution in [2.45, 2.75) is 13.3 Å². The number of anilines is 1. The van der Waals surface area contributed by atoms with E-state index >= 15 is 0 Å². The predicted octanol–water partition coefficient (Wildman–Crippen LogP) is 1.75. The highest BCUT2D eigenvalue weighted by atomic mass is 32.1. The number of carbonyl (C=O) groups is 1. The molecule has 1 amide bonds. The van der Waals surface area contributed by atoms with Gasteiger partial charge in [0.25, 0.3) is 0 Å². The summed E-state index contributed by atoms with van der Waals surface area (Å²) in [6.07, 6.45) is 0.761. The summed E-state index contributed by atoms with van der Waals surface area (Å²) in [4.78, 5) is 16.4. The lowest BCUT2D eigenvalue weighted by Gasteiger charge is -2.09. The highest BCUT2D eigenvalue weighted by Crippen LogP contribution is 2.23. The van der Waals surface area contributed by atoms with Gasteiger partial charge in [0.15, 0.2) is 0 Å². The number of thiazole rings is 1. The fourth-order valence-corrected chi connectivity index (χ4v) is 2.39. The molecule has 0 radical (unpaired) electrons. The second-order valence-corrected chi connectivity index (χ2v) is 5.02. The third kappa shape index (κ3) is 3.23. The molecule has 0 saturated heterocycles. The number of primary amides is 1. The Balaban J connectivity index is 2.01. The van der Waals surface area contributed by atoms with Gasteiger partial charge in [0, 0.05) is 16.9 Å². The lowest BCUT2D eigenvalue weighted by Crippen LogP contribution is -2.12. The van der Waals surface area contributed by atoms with Gasteiger partial charge < -0.3 is 16.2 Å². The monoisotopic (exact) mass is 277 g/mol. The molecule has 0 aliphatic carbocycles. The van der Waals surface area contributed by atoms with Gasteiger partial charge in [0.1, 0.15) is 5.75 Å². The van der Waals surface area contributed by atoms with Gasteiger partial charge in [-0.2, -0.15) is 0 Å². The van der Waals surface area contributed by atoms with Crippen molar-refractivity contribution in [3.8, 4) is 5.75 Å². The van der Waals surface area contributed by atoms with Crippen molar-refractivity contribution >= 4 is 22.9 Å². The van der Waals surface area contributed by atoms with Crippen LogP contribution in [0.5, 0.6) is 5.75 Å². The van der Waals surface area contributed by atoms with Crippen LogP contribution in [0.4, 0.5) is 5.69 Å². The normalized spacial score (nSPS) is 10.4. The molecule has 1 heterocycles. The van der Waals surface area contributed by atoms with Gasteiger partial charge in [-0.15, -0.1) is 11.3 Å². The van der Waals surface area contributed by atoms with Crippen LogP contribution in [0.3, 0.4) is 0 Å². The molecular formula is C13H15N3O2S. The Morgan fingerprint density at radius 1 is 1.47 bits per heavy atom. The van der Waals surface area contributed by atoms with Crippen LogP contribution in [0, 0.1) is 6.92 Å². The highest BCUT2D eigenvalue weighted by molar-refractivity contribution is 7.09. The molecule has 0 aliphatic heterocycles. The van der Waals surface area contributed by atoms with Crippen LogP contribution in [-0.4, -0.2) is 17.5 Å². The Bertz CT molecular complexity index is 595. The second kappa shape index (κ2) is 5.71. The lowest BCUT2D eigenvalue weighted by molar-refractivity contribution is 0.1000. The number of ether oxygens (including phenoxy) is 1. The molecule has 0 saturated carbocycles. The Morgan fingerprint density at radius 3 is 2.89 bits per heavy atom. The summed E-state index contributed by atoms with van der Waals surface area (Å²) in [6.45, 7) is 2.45. The fraction of sp³-hybridized carbons (Fsp3) is 0.231. The van der Waals surface area contributed by atoms with Gasteiger partial charge >= 0.3 is 0 Å². The summed E-state index contributed by atoms with van der Waals surface area (Å²) in [5, 5.41) is 0. The van der Waals surface area contributed by atoms with Gasteiger partial charge in [-0.3, -0.25) is 4.79 Å². The first kappa shape index (κ1) is 13.4. The molecule has 0 atom stereocenters. The average Bonchev–Trinajstić information content (AvgIpc) is 2.77. The van der Waals surface area contributed by atoms with E-state index in [2.05, 4.69) is 4.98 Å². The quantitative estimate of drug-likeness (QED) is 0.814. The zero-order valence-electron chi connectivity index (χ0n) is 10.6. The maximum absolute atomic E-state index is 11.1. The summed E-state index contributed by atoms with van der Waals surface area (Å²) in [6, 6.07) is 4.77. The van der Waals surface area contributed by atoms with E-state index in [1.807, 2.05) is 12.4 Å². The van der Waals surface area contributed by atoms with Crippen molar-refractivity contribution in [3.05, 3.63) is 39.8 Å². The molecule has 0 unspecified atom stereocenters. The highest BCUT2D eigenvalue weighted by Gasteiger charge is 2.07. The SMILES string of the molecule is Cc1ncsc1CCOc1cc(C(N)=O)ccc1N. The number of nitrogens with zero attached hydrogens (tertiary/aromatic N) is 1. The maximum Gasteiger partial charge on any atom is 0.248 e.